The lowest BCUT2D eigenvalue weighted by Crippen LogP contribution is -2.23. The first-order valence-corrected chi connectivity index (χ1v) is 6.67. The Morgan fingerprint density at radius 2 is 2.26 bits per heavy atom. The standard InChI is InChI=1S/C14H17ClFN3/c1-3-7-17-14(10-8-18-19(2)9-10)11-5-4-6-12(16)13(11)15/h4-6,8-9,14,17H,3,7H2,1-2H3. The average Bonchev–Trinajstić information content (AvgIpc) is 2.81. The van der Waals surface area contributed by atoms with Crippen molar-refractivity contribution in [2.24, 2.45) is 7.05 Å². The van der Waals surface area contributed by atoms with Crippen LogP contribution in [0, 0.1) is 5.82 Å². The largest absolute Gasteiger partial charge is 0.306 e. The summed E-state index contributed by atoms with van der Waals surface area (Å²) in [7, 11) is 1.85. The summed E-state index contributed by atoms with van der Waals surface area (Å²) in [5, 5.41) is 7.71. The van der Waals surface area contributed by atoms with Gasteiger partial charge in [0.15, 0.2) is 0 Å². The summed E-state index contributed by atoms with van der Waals surface area (Å²) >= 11 is 6.08. The number of hydrogen-bond acceptors (Lipinski definition) is 2. The molecule has 102 valence electrons. The van der Waals surface area contributed by atoms with Crippen molar-refractivity contribution in [1.82, 2.24) is 15.1 Å². The van der Waals surface area contributed by atoms with Gasteiger partial charge in [-0.3, -0.25) is 4.68 Å². The number of aromatic nitrogens is 2. The Kier molecular flexibility index (Phi) is 4.56. The summed E-state index contributed by atoms with van der Waals surface area (Å²) < 4.78 is 15.3. The number of hydrogen-bond donors (Lipinski definition) is 1. The van der Waals surface area contributed by atoms with Crippen molar-refractivity contribution in [3.8, 4) is 0 Å². The van der Waals surface area contributed by atoms with Gasteiger partial charge < -0.3 is 5.32 Å². The van der Waals surface area contributed by atoms with E-state index in [1.807, 2.05) is 19.3 Å². The molecule has 0 bridgehead atoms. The van der Waals surface area contributed by atoms with E-state index in [1.165, 1.54) is 6.07 Å². The van der Waals surface area contributed by atoms with Gasteiger partial charge in [0, 0.05) is 18.8 Å². The van der Waals surface area contributed by atoms with Gasteiger partial charge in [-0.05, 0) is 24.6 Å². The number of nitrogens with zero attached hydrogens (tertiary/aromatic N) is 2. The van der Waals surface area contributed by atoms with Gasteiger partial charge in [-0.25, -0.2) is 4.39 Å². The van der Waals surface area contributed by atoms with Crippen LogP contribution in [-0.2, 0) is 7.05 Å². The highest BCUT2D eigenvalue weighted by atomic mass is 35.5. The summed E-state index contributed by atoms with van der Waals surface area (Å²) in [6.07, 6.45) is 4.67. The van der Waals surface area contributed by atoms with Crippen LogP contribution in [0.2, 0.25) is 5.02 Å². The fourth-order valence-electron chi connectivity index (χ4n) is 2.03. The molecule has 0 aliphatic heterocycles. The van der Waals surface area contributed by atoms with E-state index >= 15 is 0 Å². The summed E-state index contributed by atoms with van der Waals surface area (Å²) in [5.74, 6) is -0.397. The molecule has 19 heavy (non-hydrogen) atoms. The predicted octanol–water partition coefficient (Wildman–Crippen LogP) is 3.30. The van der Waals surface area contributed by atoms with Gasteiger partial charge >= 0.3 is 0 Å². The van der Waals surface area contributed by atoms with Gasteiger partial charge in [-0.1, -0.05) is 30.7 Å². The third kappa shape index (κ3) is 3.14. The molecule has 0 saturated carbocycles. The minimum atomic E-state index is -0.397. The topological polar surface area (TPSA) is 29.9 Å². The van der Waals surface area contributed by atoms with E-state index in [0.29, 0.717) is 0 Å². The molecule has 1 atom stereocenters. The Balaban J connectivity index is 2.39. The Morgan fingerprint density at radius 3 is 2.89 bits per heavy atom. The molecule has 1 unspecified atom stereocenters. The minimum Gasteiger partial charge on any atom is -0.306 e. The average molecular weight is 282 g/mol. The summed E-state index contributed by atoms with van der Waals surface area (Å²) in [6.45, 7) is 2.91. The molecule has 0 aliphatic carbocycles. The van der Waals surface area contributed by atoms with Crippen molar-refractivity contribution in [1.29, 1.82) is 0 Å². The van der Waals surface area contributed by atoms with Gasteiger partial charge in [0.05, 0.1) is 17.3 Å². The molecular formula is C14H17ClFN3. The molecule has 1 aromatic carbocycles. The van der Waals surface area contributed by atoms with Crippen molar-refractivity contribution in [2.45, 2.75) is 19.4 Å². The molecule has 0 saturated heterocycles. The van der Waals surface area contributed by atoms with Gasteiger partial charge in [-0.2, -0.15) is 5.10 Å². The van der Waals surface area contributed by atoms with E-state index in [4.69, 9.17) is 11.6 Å². The summed E-state index contributed by atoms with van der Waals surface area (Å²) in [4.78, 5) is 0. The van der Waals surface area contributed by atoms with E-state index in [0.717, 1.165) is 24.1 Å². The second kappa shape index (κ2) is 6.17. The van der Waals surface area contributed by atoms with Gasteiger partial charge in [-0.15, -0.1) is 0 Å². The molecule has 5 heteroatoms. The Morgan fingerprint density at radius 1 is 1.47 bits per heavy atom. The second-order valence-corrected chi connectivity index (χ2v) is 4.86. The maximum Gasteiger partial charge on any atom is 0.142 e. The van der Waals surface area contributed by atoms with Crippen molar-refractivity contribution in [3.63, 3.8) is 0 Å². The quantitative estimate of drug-likeness (QED) is 0.911. The van der Waals surface area contributed by atoms with Crippen LogP contribution in [0.15, 0.2) is 30.6 Å². The molecular weight excluding hydrogens is 265 g/mol. The molecule has 0 amide bonds. The first kappa shape index (κ1) is 14.0. The van der Waals surface area contributed by atoms with Crippen LogP contribution in [0.5, 0.6) is 0 Å². The Labute approximate surface area is 117 Å². The van der Waals surface area contributed by atoms with Crippen molar-refractivity contribution in [2.75, 3.05) is 6.54 Å². The third-order valence-corrected chi connectivity index (χ3v) is 3.35. The molecule has 3 nitrogen and oxygen atoms in total. The number of benzene rings is 1. The zero-order chi connectivity index (χ0) is 13.8. The van der Waals surface area contributed by atoms with E-state index in [9.17, 15) is 4.39 Å². The zero-order valence-corrected chi connectivity index (χ0v) is 11.8. The minimum absolute atomic E-state index is 0.142. The van der Waals surface area contributed by atoms with Crippen LogP contribution in [0.4, 0.5) is 4.39 Å². The summed E-state index contributed by atoms with van der Waals surface area (Å²) in [5.41, 5.74) is 1.71. The highest BCUT2D eigenvalue weighted by Gasteiger charge is 2.19. The van der Waals surface area contributed by atoms with E-state index in [1.54, 1.807) is 16.9 Å². The van der Waals surface area contributed by atoms with Crippen LogP contribution in [0.25, 0.3) is 0 Å². The lowest BCUT2D eigenvalue weighted by atomic mass is 10.0. The smallest absolute Gasteiger partial charge is 0.142 e. The first-order chi connectivity index (χ1) is 9.13. The maximum absolute atomic E-state index is 13.6. The monoisotopic (exact) mass is 281 g/mol. The van der Waals surface area contributed by atoms with E-state index in [-0.39, 0.29) is 11.1 Å². The Hall–Kier alpha value is -1.39. The highest BCUT2D eigenvalue weighted by molar-refractivity contribution is 6.31. The molecule has 2 aromatic rings. The second-order valence-electron chi connectivity index (χ2n) is 4.48. The third-order valence-electron chi connectivity index (χ3n) is 2.95. The van der Waals surface area contributed by atoms with Crippen molar-refractivity contribution >= 4 is 11.6 Å². The number of halogens is 2. The highest BCUT2D eigenvalue weighted by Crippen LogP contribution is 2.29. The molecule has 1 N–H and O–H groups in total. The Bertz CT molecular complexity index is 553. The van der Waals surface area contributed by atoms with Crippen LogP contribution in [0.3, 0.4) is 0 Å². The molecule has 0 radical (unpaired) electrons. The van der Waals surface area contributed by atoms with Gasteiger partial charge in [0.1, 0.15) is 5.82 Å². The van der Waals surface area contributed by atoms with Crippen LogP contribution in [-0.4, -0.2) is 16.3 Å². The maximum atomic E-state index is 13.6. The molecule has 1 aromatic heterocycles. The molecule has 1 heterocycles. The fourth-order valence-corrected chi connectivity index (χ4v) is 2.26. The van der Waals surface area contributed by atoms with Gasteiger partial charge in [0.2, 0.25) is 0 Å². The molecule has 0 aliphatic rings. The van der Waals surface area contributed by atoms with Crippen LogP contribution < -0.4 is 5.32 Å². The van der Waals surface area contributed by atoms with Gasteiger partial charge in [0.25, 0.3) is 0 Å². The summed E-state index contributed by atoms with van der Waals surface area (Å²) in [6, 6.07) is 4.74. The van der Waals surface area contributed by atoms with Crippen molar-refractivity contribution in [3.05, 3.63) is 52.6 Å². The molecule has 0 spiro atoms. The zero-order valence-electron chi connectivity index (χ0n) is 11.0. The normalized spacial score (nSPS) is 12.6. The fraction of sp³-hybridized carbons (Fsp3) is 0.357. The number of rotatable bonds is 5. The molecule has 2 rings (SSSR count). The lowest BCUT2D eigenvalue weighted by molar-refractivity contribution is 0.585. The predicted molar refractivity (Wildman–Crippen MR) is 74.8 cm³/mol. The van der Waals surface area contributed by atoms with E-state index < -0.39 is 5.82 Å². The SMILES string of the molecule is CCCNC(c1cnn(C)c1)c1cccc(F)c1Cl. The molecule has 0 fully saturated rings. The lowest BCUT2D eigenvalue weighted by Gasteiger charge is -2.19. The van der Waals surface area contributed by atoms with Crippen LogP contribution >= 0.6 is 11.6 Å². The van der Waals surface area contributed by atoms with Crippen LogP contribution in [0.1, 0.15) is 30.5 Å². The van der Waals surface area contributed by atoms with Crippen molar-refractivity contribution < 1.29 is 4.39 Å². The number of nitrogens with one attached hydrogen (secondary N) is 1. The number of aryl methyl sites for hydroxylation is 1. The first-order valence-electron chi connectivity index (χ1n) is 6.29. The van der Waals surface area contributed by atoms with E-state index in [2.05, 4.69) is 17.3 Å².